The first-order chi connectivity index (χ1) is 9.81. The van der Waals surface area contributed by atoms with Crippen molar-refractivity contribution in [2.24, 2.45) is 17.1 Å². The van der Waals surface area contributed by atoms with Crippen LogP contribution in [0.15, 0.2) is 18.2 Å². The van der Waals surface area contributed by atoms with E-state index in [4.69, 9.17) is 29.6 Å². The summed E-state index contributed by atoms with van der Waals surface area (Å²) in [5, 5.41) is 3.44. The molecule has 0 bridgehead atoms. The van der Waals surface area contributed by atoms with E-state index in [1.165, 1.54) is 6.42 Å². The Morgan fingerprint density at radius 1 is 1.43 bits per heavy atom. The van der Waals surface area contributed by atoms with E-state index in [-0.39, 0.29) is 17.2 Å². The van der Waals surface area contributed by atoms with Crippen LogP contribution in [0.25, 0.3) is 0 Å². The Bertz CT molecular complexity index is 571. The minimum atomic E-state index is 0.0100. The van der Waals surface area contributed by atoms with Crippen molar-refractivity contribution in [2.75, 3.05) is 5.32 Å². The predicted octanol–water partition coefficient (Wildman–Crippen LogP) is 4.13. The zero-order chi connectivity index (χ0) is 15.6. The maximum absolute atomic E-state index is 12.6. The highest BCUT2D eigenvalue weighted by Gasteiger charge is 2.37. The molecule has 1 aliphatic carbocycles. The van der Waals surface area contributed by atoms with Crippen molar-refractivity contribution >= 4 is 40.4 Å². The second kappa shape index (κ2) is 6.32. The molecule has 1 aromatic carbocycles. The zero-order valence-electron chi connectivity index (χ0n) is 12.4. The van der Waals surface area contributed by atoms with Gasteiger partial charge in [0.15, 0.2) is 0 Å². The molecule has 1 unspecified atom stereocenters. The molecule has 21 heavy (non-hydrogen) atoms. The molecule has 1 atom stereocenters. The van der Waals surface area contributed by atoms with Gasteiger partial charge in [-0.25, -0.2) is 0 Å². The number of thiocarbonyl (C=S) groups is 1. The van der Waals surface area contributed by atoms with Gasteiger partial charge in [-0.1, -0.05) is 56.6 Å². The van der Waals surface area contributed by atoms with Gasteiger partial charge < -0.3 is 11.1 Å². The van der Waals surface area contributed by atoms with Crippen molar-refractivity contribution in [3.63, 3.8) is 0 Å². The monoisotopic (exact) mass is 324 g/mol. The summed E-state index contributed by atoms with van der Waals surface area (Å²) in [4.78, 5) is 12.9. The Hall–Kier alpha value is -1.13. The van der Waals surface area contributed by atoms with E-state index in [2.05, 4.69) is 19.2 Å². The lowest BCUT2D eigenvalue weighted by atomic mass is 9.68. The molecule has 0 heterocycles. The maximum atomic E-state index is 12.6. The number of amides is 1. The van der Waals surface area contributed by atoms with Crippen LogP contribution in [0.5, 0.6) is 0 Å². The number of hydrogen-bond acceptors (Lipinski definition) is 2. The summed E-state index contributed by atoms with van der Waals surface area (Å²) >= 11 is 11.1. The minimum Gasteiger partial charge on any atom is -0.389 e. The van der Waals surface area contributed by atoms with Gasteiger partial charge in [-0.15, -0.1) is 0 Å². The molecule has 0 radical (unpaired) electrons. The highest BCUT2D eigenvalue weighted by Crippen LogP contribution is 2.41. The number of hydrogen-bond donors (Lipinski definition) is 2. The fraction of sp³-hybridized carbons (Fsp3) is 0.500. The molecule has 1 amide bonds. The Morgan fingerprint density at radius 2 is 2.14 bits per heavy atom. The summed E-state index contributed by atoms with van der Waals surface area (Å²) in [6.07, 6.45) is 4.29. The van der Waals surface area contributed by atoms with Crippen LogP contribution in [0.3, 0.4) is 0 Å². The minimum absolute atomic E-state index is 0.0100. The van der Waals surface area contributed by atoms with E-state index < -0.39 is 0 Å². The summed E-state index contributed by atoms with van der Waals surface area (Å²) in [7, 11) is 0. The third-order valence-electron chi connectivity index (χ3n) is 4.33. The summed E-state index contributed by atoms with van der Waals surface area (Å²) in [6.45, 7) is 4.31. The van der Waals surface area contributed by atoms with Crippen molar-refractivity contribution in [3.05, 3.63) is 28.8 Å². The van der Waals surface area contributed by atoms with E-state index in [1.807, 2.05) is 0 Å². The topological polar surface area (TPSA) is 55.1 Å². The smallest absolute Gasteiger partial charge is 0.228 e. The van der Waals surface area contributed by atoms with Crippen LogP contribution in [-0.2, 0) is 4.79 Å². The van der Waals surface area contributed by atoms with Gasteiger partial charge in [0, 0.05) is 11.5 Å². The summed E-state index contributed by atoms with van der Waals surface area (Å²) in [5.41, 5.74) is 6.93. The first kappa shape index (κ1) is 16.2. The summed E-state index contributed by atoms with van der Waals surface area (Å²) in [6, 6.07) is 5.20. The molecule has 2 rings (SSSR count). The predicted molar refractivity (Wildman–Crippen MR) is 91.7 cm³/mol. The van der Waals surface area contributed by atoms with E-state index >= 15 is 0 Å². The van der Waals surface area contributed by atoms with Crippen molar-refractivity contribution < 1.29 is 4.79 Å². The second-order valence-corrected chi connectivity index (χ2v) is 7.18. The number of carbonyl (C=O) groups excluding carboxylic acids is 1. The van der Waals surface area contributed by atoms with Crippen molar-refractivity contribution in [3.8, 4) is 0 Å². The number of anilines is 1. The van der Waals surface area contributed by atoms with E-state index in [0.29, 0.717) is 21.3 Å². The molecule has 3 N–H and O–H groups in total. The molecular formula is C16H21ClN2OS. The molecule has 0 saturated heterocycles. The van der Waals surface area contributed by atoms with Gasteiger partial charge in [-0.3, -0.25) is 4.79 Å². The van der Waals surface area contributed by atoms with Gasteiger partial charge in [0.2, 0.25) is 5.91 Å². The van der Waals surface area contributed by atoms with Gasteiger partial charge in [0.05, 0.1) is 10.7 Å². The molecule has 114 valence electrons. The molecular weight excluding hydrogens is 304 g/mol. The number of halogens is 1. The number of rotatable bonds is 3. The normalized spacial score (nSPS) is 20.8. The molecule has 0 spiro atoms. The molecule has 3 nitrogen and oxygen atoms in total. The number of carbonyl (C=O) groups is 1. The average Bonchev–Trinajstić information content (AvgIpc) is 2.40. The van der Waals surface area contributed by atoms with Gasteiger partial charge in [-0.05, 0) is 30.4 Å². The first-order valence-corrected chi connectivity index (χ1v) is 8.00. The summed E-state index contributed by atoms with van der Waals surface area (Å²) in [5.74, 6) is 0.0393. The van der Waals surface area contributed by atoms with Crippen molar-refractivity contribution in [2.45, 2.75) is 39.5 Å². The highest BCUT2D eigenvalue weighted by molar-refractivity contribution is 7.80. The largest absolute Gasteiger partial charge is 0.389 e. The van der Waals surface area contributed by atoms with Crippen LogP contribution < -0.4 is 11.1 Å². The van der Waals surface area contributed by atoms with E-state index in [0.717, 1.165) is 19.3 Å². The zero-order valence-corrected chi connectivity index (χ0v) is 14.0. The number of nitrogens with two attached hydrogens (primary N) is 1. The fourth-order valence-electron chi connectivity index (χ4n) is 2.97. The van der Waals surface area contributed by atoms with E-state index in [1.54, 1.807) is 18.2 Å². The standard InChI is InChI=1S/C16H21ClN2OS/c1-16(2)8-4-3-5-11(16)15(20)19-13-9-10(14(18)21)6-7-12(13)17/h6-7,9,11H,3-5,8H2,1-2H3,(H2,18,21)(H,19,20). The molecule has 0 aliphatic heterocycles. The lowest BCUT2D eigenvalue weighted by Gasteiger charge is -2.37. The number of benzene rings is 1. The third kappa shape index (κ3) is 3.74. The average molecular weight is 325 g/mol. The van der Waals surface area contributed by atoms with Gasteiger partial charge in [0.25, 0.3) is 0 Å². The van der Waals surface area contributed by atoms with Gasteiger partial charge in [0.1, 0.15) is 4.99 Å². The Kier molecular flexibility index (Phi) is 4.89. The first-order valence-electron chi connectivity index (χ1n) is 7.21. The quantitative estimate of drug-likeness (QED) is 0.822. The Balaban J connectivity index is 2.19. The van der Waals surface area contributed by atoms with E-state index in [9.17, 15) is 4.79 Å². The molecule has 1 aliphatic rings. The molecule has 1 saturated carbocycles. The van der Waals surface area contributed by atoms with Crippen LogP contribution in [-0.4, -0.2) is 10.9 Å². The lowest BCUT2D eigenvalue weighted by Crippen LogP contribution is -2.37. The van der Waals surface area contributed by atoms with Crippen molar-refractivity contribution in [1.82, 2.24) is 0 Å². The van der Waals surface area contributed by atoms with Crippen LogP contribution in [0.1, 0.15) is 45.1 Å². The second-order valence-electron chi connectivity index (χ2n) is 6.34. The van der Waals surface area contributed by atoms with Crippen LogP contribution in [0, 0.1) is 11.3 Å². The van der Waals surface area contributed by atoms with Crippen LogP contribution in [0.4, 0.5) is 5.69 Å². The SMILES string of the molecule is CC1(C)CCCCC1C(=O)Nc1cc(C(N)=S)ccc1Cl. The Labute approximate surface area is 136 Å². The van der Waals surface area contributed by atoms with Crippen LogP contribution in [0.2, 0.25) is 5.02 Å². The fourth-order valence-corrected chi connectivity index (χ4v) is 3.27. The van der Waals surface area contributed by atoms with Gasteiger partial charge >= 0.3 is 0 Å². The van der Waals surface area contributed by atoms with Crippen molar-refractivity contribution in [1.29, 1.82) is 0 Å². The van der Waals surface area contributed by atoms with Gasteiger partial charge in [-0.2, -0.15) is 0 Å². The lowest BCUT2D eigenvalue weighted by molar-refractivity contribution is -0.124. The maximum Gasteiger partial charge on any atom is 0.228 e. The highest BCUT2D eigenvalue weighted by atomic mass is 35.5. The molecule has 1 aromatic rings. The Morgan fingerprint density at radius 3 is 2.76 bits per heavy atom. The summed E-state index contributed by atoms with van der Waals surface area (Å²) < 4.78 is 0. The number of nitrogens with one attached hydrogen (secondary N) is 1. The molecule has 1 fully saturated rings. The molecule has 0 aromatic heterocycles. The van der Waals surface area contributed by atoms with Crippen LogP contribution >= 0.6 is 23.8 Å². The third-order valence-corrected chi connectivity index (χ3v) is 4.90. The molecule has 5 heteroatoms.